The number of anilines is 1. The number of ether oxygens (including phenoxy) is 1. The zero-order valence-corrected chi connectivity index (χ0v) is 17.3. The average molecular weight is 399 g/mol. The predicted molar refractivity (Wildman–Crippen MR) is 120 cm³/mol. The molecule has 0 aliphatic heterocycles. The number of nitrogens with zero attached hydrogens (tertiary/aromatic N) is 4. The zero-order chi connectivity index (χ0) is 20.8. The van der Waals surface area contributed by atoms with Crippen LogP contribution in [0.4, 0.5) is 5.95 Å². The first-order valence-electron chi connectivity index (χ1n) is 10.2. The summed E-state index contributed by atoms with van der Waals surface area (Å²) in [5, 5.41) is 9.08. The van der Waals surface area contributed by atoms with Gasteiger partial charge in [0.15, 0.2) is 5.82 Å². The Labute approximate surface area is 177 Å². The summed E-state index contributed by atoms with van der Waals surface area (Å²) in [6.07, 6.45) is 0. The van der Waals surface area contributed by atoms with Gasteiger partial charge in [-0.3, -0.25) is 4.57 Å². The highest BCUT2D eigenvalue weighted by Crippen LogP contribution is 2.24. The fourth-order valence-corrected chi connectivity index (χ4v) is 3.36. The molecule has 30 heavy (non-hydrogen) atoms. The second kappa shape index (κ2) is 9.27. The van der Waals surface area contributed by atoms with Gasteiger partial charge in [0.1, 0.15) is 12.4 Å². The summed E-state index contributed by atoms with van der Waals surface area (Å²) < 4.78 is 8.07. The van der Waals surface area contributed by atoms with E-state index in [1.165, 1.54) is 5.56 Å². The van der Waals surface area contributed by atoms with Crippen molar-refractivity contribution < 1.29 is 4.74 Å². The summed E-state index contributed by atoms with van der Waals surface area (Å²) >= 11 is 0. The van der Waals surface area contributed by atoms with Crippen molar-refractivity contribution in [2.24, 2.45) is 0 Å². The molecule has 4 aromatic rings. The van der Waals surface area contributed by atoms with Crippen LogP contribution in [0.2, 0.25) is 0 Å². The minimum atomic E-state index is 0.250. The number of hydrogen-bond donors (Lipinski definition) is 0. The van der Waals surface area contributed by atoms with Gasteiger partial charge in [-0.15, -0.1) is 10.2 Å². The van der Waals surface area contributed by atoms with Crippen LogP contribution < -0.4 is 9.64 Å². The van der Waals surface area contributed by atoms with Gasteiger partial charge < -0.3 is 9.64 Å². The fourth-order valence-electron chi connectivity index (χ4n) is 3.36. The lowest BCUT2D eigenvalue weighted by Gasteiger charge is -2.28. The Morgan fingerprint density at radius 2 is 1.40 bits per heavy atom. The van der Waals surface area contributed by atoms with Gasteiger partial charge in [-0.25, -0.2) is 0 Å². The van der Waals surface area contributed by atoms with Crippen molar-refractivity contribution >= 4 is 5.95 Å². The molecule has 0 bridgehead atoms. The van der Waals surface area contributed by atoms with Gasteiger partial charge in [-0.2, -0.15) is 0 Å². The molecule has 1 heterocycles. The van der Waals surface area contributed by atoms with E-state index in [9.17, 15) is 0 Å². The maximum atomic E-state index is 5.98. The molecule has 0 spiro atoms. The summed E-state index contributed by atoms with van der Waals surface area (Å²) in [6, 6.07) is 30.7. The molecule has 0 N–H and O–H groups in total. The first kappa shape index (κ1) is 19.7. The van der Waals surface area contributed by atoms with Gasteiger partial charge in [0, 0.05) is 12.6 Å². The van der Waals surface area contributed by atoms with Crippen LogP contribution >= 0.6 is 0 Å². The highest BCUT2D eigenvalue weighted by Gasteiger charge is 2.22. The van der Waals surface area contributed by atoms with Gasteiger partial charge in [0.2, 0.25) is 5.95 Å². The molecule has 3 aromatic carbocycles. The molecule has 1 aromatic heterocycles. The number of hydrogen-bond acceptors (Lipinski definition) is 4. The van der Waals surface area contributed by atoms with Crippen LogP contribution in [0.25, 0.3) is 5.69 Å². The molecule has 4 rings (SSSR count). The van der Waals surface area contributed by atoms with Crippen molar-refractivity contribution in [2.75, 3.05) is 4.90 Å². The summed E-state index contributed by atoms with van der Waals surface area (Å²) in [5.74, 6) is 2.39. The first-order chi connectivity index (χ1) is 14.7. The lowest BCUT2D eigenvalue weighted by molar-refractivity contribution is 0.293. The third-order valence-corrected chi connectivity index (χ3v) is 4.91. The third kappa shape index (κ3) is 4.51. The van der Waals surface area contributed by atoms with E-state index in [0.29, 0.717) is 6.61 Å². The topological polar surface area (TPSA) is 43.2 Å². The second-order valence-electron chi connectivity index (χ2n) is 7.40. The van der Waals surface area contributed by atoms with Gasteiger partial charge in [-0.05, 0) is 43.7 Å². The highest BCUT2D eigenvalue weighted by molar-refractivity contribution is 5.45. The molecule has 0 aliphatic rings. The minimum absolute atomic E-state index is 0.250. The number of benzene rings is 3. The largest absolute Gasteiger partial charge is 0.486 e. The quantitative estimate of drug-likeness (QED) is 0.406. The van der Waals surface area contributed by atoms with E-state index in [-0.39, 0.29) is 6.04 Å². The Morgan fingerprint density at radius 3 is 2.03 bits per heavy atom. The number of aromatic nitrogens is 3. The van der Waals surface area contributed by atoms with Crippen molar-refractivity contribution in [3.63, 3.8) is 0 Å². The summed E-state index contributed by atoms with van der Waals surface area (Å²) in [4.78, 5) is 2.27. The van der Waals surface area contributed by atoms with Crippen LogP contribution in [0.5, 0.6) is 5.75 Å². The van der Waals surface area contributed by atoms with Crippen molar-refractivity contribution in [1.29, 1.82) is 0 Å². The zero-order valence-electron chi connectivity index (χ0n) is 17.3. The normalized spacial score (nSPS) is 10.9. The molecule has 0 unspecified atom stereocenters. The third-order valence-electron chi connectivity index (χ3n) is 4.91. The molecule has 5 nitrogen and oxygen atoms in total. The van der Waals surface area contributed by atoms with Gasteiger partial charge in [0.05, 0.1) is 5.69 Å². The monoisotopic (exact) mass is 398 g/mol. The Balaban J connectivity index is 1.70. The van der Waals surface area contributed by atoms with E-state index < -0.39 is 0 Å². The summed E-state index contributed by atoms with van der Waals surface area (Å²) in [5.41, 5.74) is 2.25. The summed E-state index contributed by atoms with van der Waals surface area (Å²) in [6.45, 7) is 5.44. The molecular weight excluding hydrogens is 372 g/mol. The minimum Gasteiger partial charge on any atom is -0.486 e. The molecule has 152 valence electrons. The average Bonchev–Trinajstić information content (AvgIpc) is 3.21. The molecule has 0 atom stereocenters. The van der Waals surface area contributed by atoms with Gasteiger partial charge in [-0.1, -0.05) is 66.7 Å². The van der Waals surface area contributed by atoms with E-state index in [1.54, 1.807) is 0 Å². The molecule has 0 saturated carbocycles. The standard InChI is InChI=1S/C25H26N4O/c1-20(2)28(18-21-12-6-3-7-13-21)25-27-26-24(19-30-23-16-10-5-11-17-23)29(25)22-14-8-4-9-15-22/h3-17,20H,18-19H2,1-2H3. The SMILES string of the molecule is CC(C)N(Cc1ccccc1)c1nnc(COc2ccccc2)n1-c1ccccc1. The van der Waals surface area contributed by atoms with E-state index in [2.05, 4.69) is 69.9 Å². The highest BCUT2D eigenvalue weighted by atomic mass is 16.5. The smallest absolute Gasteiger partial charge is 0.232 e. The van der Waals surface area contributed by atoms with Crippen LogP contribution in [-0.4, -0.2) is 20.8 Å². The molecule has 5 heteroatoms. The molecule has 0 saturated heterocycles. The Morgan fingerprint density at radius 1 is 0.800 bits per heavy atom. The van der Waals surface area contributed by atoms with E-state index >= 15 is 0 Å². The molecule has 0 fully saturated rings. The van der Waals surface area contributed by atoms with Crippen LogP contribution in [0.3, 0.4) is 0 Å². The lowest BCUT2D eigenvalue weighted by Crippen LogP contribution is -2.32. The summed E-state index contributed by atoms with van der Waals surface area (Å²) in [7, 11) is 0. The fraction of sp³-hybridized carbons (Fsp3) is 0.200. The maximum absolute atomic E-state index is 5.98. The molecule has 0 aliphatic carbocycles. The van der Waals surface area contributed by atoms with E-state index in [4.69, 9.17) is 4.74 Å². The van der Waals surface area contributed by atoms with Gasteiger partial charge in [0.25, 0.3) is 0 Å². The number of rotatable bonds is 8. The van der Waals surface area contributed by atoms with Crippen molar-refractivity contribution in [3.8, 4) is 11.4 Å². The molecular formula is C25H26N4O. The Bertz CT molecular complexity index is 1050. The maximum Gasteiger partial charge on any atom is 0.232 e. The molecule has 0 radical (unpaired) electrons. The Hall–Kier alpha value is -3.60. The van der Waals surface area contributed by atoms with Crippen LogP contribution in [0.1, 0.15) is 25.2 Å². The Kier molecular flexibility index (Phi) is 6.09. The van der Waals surface area contributed by atoms with Crippen molar-refractivity contribution in [3.05, 3.63) is 102 Å². The predicted octanol–water partition coefficient (Wildman–Crippen LogP) is 5.26. The number of para-hydroxylation sites is 2. The van der Waals surface area contributed by atoms with Crippen molar-refractivity contribution in [1.82, 2.24) is 14.8 Å². The van der Waals surface area contributed by atoms with E-state index in [1.807, 2.05) is 54.6 Å². The molecule has 0 amide bonds. The van der Waals surface area contributed by atoms with Crippen LogP contribution in [-0.2, 0) is 13.2 Å². The van der Waals surface area contributed by atoms with Crippen LogP contribution in [0, 0.1) is 0 Å². The first-order valence-corrected chi connectivity index (χ1v) is 10.2. The lowest BCUT2D eigenvalue weighted by atomic mass is 10.2. The van der Waals surface area contributed by atoms with Gasteiger partial charge >= 0.3 is 0 Å². The second-order valence-corrected chi connectivity index (χ2v) is 7.40. The van der Waals surface area contributed by atoms with Crippen molar-refractivity contribution in [2.45, 2.75) is 33.0 Å². The van der Waals surface area contributed by atoms with E-state index in [0.717, 1.165) is 29.8 Å². The van der Waals surface area contributed by atoms with Crippen LogP contribution in [0.15, 0.2) is 91.0 Å².